The Morgan fingerprint density at radius 1 is 1.31 bits per heavy atom. The topological polar surface area (TPSA) is 93.0 Å². The first-order valence-electron chi connectivity index (χ1n) is 4.41. The van der Waals surface area contributed by atoms with E-state index in [0.717, 1.165) is 0 Å². The highest BCUT2D eigenvalue weighted by atomic mass is 16.5. The predicted molar refractivity (Wildman–Crippen MR) is 53.5 cm³/mol. The zero-order chi connectivity index (χ0) is 12.0. The van der Waals surface area contributed by atoms with Gasteiger partial charge in [0.15, 0.2) is 0 Å². The molecule has 1 aromatic rings. The van der Waals surface area contributed by atoms with Crippen LogP contribution in [0, 0.1) is 4.91 Å². The van der Waals surface area contributed by atoms with E-state index in [-0.39, 0.29) is 6.61 Å². The van der Waals surface area contributed by atoms with Gasteiger partial charge < -0.3 is 9.84 Å². The van der Waals surface area contributed by atoms with Gasteiger partial charge >= 0.3 is 11.9 Å². The third-order valence-corrected chi connectivity index (χ3v) is 1.79. The van der Waals surface area contributed by atoms with Crippen LogP contribution < -0.4 is 0 Å². The second-order valence-electron chi connectivity index (χ2n) is 2.94. The average molecular weight is 223 g/mol. The number of ether oxygens (including phenoxy) is 1. The molecule has 1 aromatic carbocycles. The van der Waals surface area contributed by atoms with Crippen molar-refractivity contribution in [2.24, 2.45) is 5.18 Å². The standard InChI is InChI=1S/C10H9NO5/c12-9(13)8(11-15)10(14)16-6-7-4-2-1-3-5-7/h1-5,8H,6H2,(H,12,13). The minimum absolute atomic E-state index is 0.0844. The average Bonchev–Trinajstić information content (AvgIpc) is 2.28. The van der Waals surface area contributed by atoms with E-state index in [2.05, 4.69) is 9.91 Å². The predicted octanol–water partition coefficient (Wildman–Crippen LogP) is 0.949. The van der Waals surface area contributed by atoms with Crippen molar-refractivity contribution in [3.8, 4) is 0 Å². The number of nitroso groups, excluding NO2 is 1. The number of carboxylic acids is 1. The van der Waals surface area contributed by atoms with Crippen molar-refractivity contribution in [2.45, 2.75) is 12.6 Å². The van der Waals surface area contributed by atoms with Gasteiger partial charge in [-0.25, -0.2) is 9.59 Å². The van der Waals surface area contributed by atoms with Crippen LogP contribution in [0.2, 0.25) is 0 Å². The van der Waals surface area contributed by atoms with Crippen molar-refractivity contribution in [1.29, 1.82) is 0 Å². The van der Waals surface area contributed by atoms with E-state index in [9.17, 15) is 14.5 Å². The molecule has 0 heterocycles. The van der Waals surface area contributed by atoms with Crippen LogP contribution in [0.25, 0.3) is 0 Å². The first-order chi connectivity index (χ1) is 7.65. The number of benzene rings is 1. The Morgan fingerprint density at radius 2 is 1.94 bits per heavy atom. The van der Waals surface area contributed by atoms with Gasteiger partial charge in [0.05, 0.1) is 0 Å². The van der Waals surface area contributed by atoms with Crippen LogP contribution in [-0.2, 0) is 20.9 Å². The molecule has 0 bridgehead atoms. The van der Waals surface area contributed by atoms with Gasteiger partial charge in [-0.2, -0.15) is 0 Å². The molecular formula is C10H9NO5. The lowest BCUT2D eigenvalue weighted by Crippen LogP contribution is -2.29. The molecule has 0 aliphatic carbocycles. The lowest BCUT2D eigenvalue weighted by atomic mass is 10.2. The molecule has 0 aromatic heterocycles. The molecule has 0 amide bonds. The summed E-state index contributed by atoms with van der Waals surface area (Å²) in [5, 5.41) is 10.6. The van der Waals surface area contributed by atoms with Crippen molar-refractivity contribution in [1.82, 2.24) is 0 Å². The van der Waals surface area contributed by atoms with Crippen LogP contribution in [0.15, 0.2) is 35.5 Å². The fourth-order valence-corrected chi connectivity index (χ4v) is 0.997. The monoisotopic (exact) mass is 223 g/mol. The van der Waals surface area contributed by atoms with Crippen LogP contribution in [0.4, 0.5) is 0 Å². The van der Waals surface area contributed by atoms with Gasteiger partial charge in [0, 0.05) is 0 Å². The summed E-state index contributed by atoms with van der Waals surface area (Å²) in [6.45, 7) is -0.0844. The molecule has 0 spiro atoms. The highest BCUT2D eigenvalue weighted by Crippen LogP contribution is 2.03. The first-order valence-corrected chi connectivity index (χ1v) is 4.41. The van der Waals surface area contributed by atoms with E-state index < -0.39 is 18.0 Å². The van der Waals surface area contributed by atoms with E-state index in [1.165, 1.54) is 0 Å². The van der Waals surface area contributed by atoms with Crippen molar-refractivity contribution < 1.29 is 19.4 Å². The largest absolute Gasteiger partial charge is 0.479 e. The van der Waals surface area contributed by atoms with Crippen molar-refractivity contribution >= 4 is 11.9 Å². The number of rotatable bonds is 5. The highest BCUT2D eigenvalue weighted by Gasteiger charge is 2.28. The maximum Gasteiger partial charge on any atom is 0.346 e. The van der Waals surface area contributed by atoms with E-state index in [1.807, 2.05) is 0 Å². The number of carbonyl (C=O) groups is 2. The SMILES string of the molecule is O=NC(C(=O)O)C(=O)OCc1ccccc1. The second kappa shape index (κ2) is 5.59. The maximum absolute atomic E-state index is 11.1. The van der Waals surface area contributed by atoms with Crippen LogP contribution in [0.3, 0.4) is 0 Å². The smallest absolute Gasteiger partial charge is 0.346 e. The molecule has 1 unspecified atom stereocenters. The quantitative estimate of drug-likeness (QED) is 0.455. The molecule has 6 nitrogen and oxygen atoms in total. The summed E-state index contributed by atoms with van der Waals surface area (Å²) in [5.74, 6) is -2.78. The lowest BCUT2D eigenvalue weighted by molar-refractivity contribution is -0.154. The first kappa shape index (κ1) is 11.8. The molecule has 0 aliphatic rings. The Bertz CT molecular complexity index is 389. The van der Waals surface area contributed by atoms with Crippen LogP contribution in [-0.4, -0.2) is 23.1 Å². The van der Waals surface area contributed by atoms with Gasteiger partial charge in [-0.3, -0.25) is 0 Å². The fraction of sp³-hybridized carbons (Fsp3) is 0.200. The molecule has 1 atom stereocenters. The molecular weight excluding hydrogens is 214 g/mol. The summed E-state index contributed by atoms with van der Waals surface area (Å²) in [6, 6.07) is 6.70. The number of hydrogen-bond donors (Lipinski definition) is 1. The molecule has 1 N–H and O–H groups in total. The second-order valence-corrected chi connectivity index (χ2v) is 2.94. The van der Waals surface area contributed by atoms with E-state index in [4.69, 9.17) is 5.11 Å². The summed E-state index contributed by atoms with van der Waals surface area (Å²) in [6.07, 6.45) is 0. The third kappa shape index (κ3) is 3.16. The Labute approximate surface area is 90.8 Å². The Kier molecular flexibility index (Phi) is 4.14. The number of hydrogen-bond acceptors (Lipinski definition) is 5. The van der Waals surface area contributed by atoms with Crippen molar-refractivity contribution in [3.05, 3.63) is 40.8 Å². The maximum atomic E-state index is 11.1. The van der Waals surface area contributed by atoms with E-state index >= 15 is 0 Å². The van der Waals surface area contributed by atoms with Crippen molar-refractivity contribution in [3.63, 3.8) is 0 Å². The zero-order valence-corrected chi connectivity index (χ0v) is 8.20. The molecule has 16 heavy (non-hydrogen) atoms. The number of esters is 1. The Hall–Kier alpha value is -2.24. The summed E-state index contributed by atoms with van der Waals surface area (Å²) < 4.78 is 4.63. The normalized spacial score (nSPS) is 11.5. The van der Waals surface area contributed by atoms with Crippen LogP contribution in [0.5, 0.6) is 0 Å². The van der Waals surface area contributed by atoms with E-state index in [1.54, 1.807) is 30.3 Å². The lowest BCUT2D eigenvalue weighted by Gasteiger charge is -2.05. The van der Waals surface area contributed by atoms with Gasteiger partial charge in [-0.15, -0.1) is 4.91 Å². The van der Waals surface area contributed by atoms with Crippen molar-refractivity contribution in [2.75, 3.05) is 0 Å². The number of nitrogens with zero attached hydrogens (tertiary/aromatic N) is 1. The summed E-state index contributed by atoms with van der Waals surface area (Å²) in [5.41, 5.74) is 0.700. The Morgan fingerprint density at radius 3 is 2.44 bits per heavy atom. The summed E-state index contributed by atoms with van der Waals surface area (Å²) >= 11 is 0. The summed E-state index contributed by atoms with van der Waals surface area (Å²) in [4.78, 5) is 31.5. The fourth-order valence-electron chi connectivity index (χ4n) is 0.997. The third-order valence-electron chi connectivity index (χ3n) is 1.79. The minimum Gasteiger partial charge on any atom is -0.479 e. The van der Waals surface area contributed by atoms with Gasteiger partial charge in [0.2, 0.25) is 0 Å². The molecule has 84 valence electrons. The van der Waals surface area contributed by atoms with E-state index in [0.29, 0.717) is 5.56 Å². The molecule has 0 fully saturated rings. The molecule has 0 aliphatic heterocycles. The summed E-state index contributed by atoms with van der Waals surface area (Å²) in [7, 11) is 0. The number of carbonyl (C=O) groups excluding carboxylic acids is 1. The minimum atomic E-state index is -2.00. The Balaban J connectivity index is 2.52. The molecule has 6 heteroatoms. The van der Waals surface area contributed by atoms with Crippen LogP contribution in [0.1, 0.15) is 5.56 Å². The zero-order valence-electron chi connectivity index (χ0n) is 8.20. The molecule has 1 rings (SSSR count). The molecule has 0 saturated carbocycles. The number of carboxylic acid groups (broad SMARTS) is 1. The van der Waals surface area contributed by atoms with Gasteiger partial charge in [0.1, 0.15) is 6.61 Å². The highest BCUT2D eigenvalue weighted by molar-refractivity contribution is 5.98. The van der Waals surface area contributed by atoms with Gasteiger partial charge in [0.25, 0.3) is 6.04 Å². The number of aliphatic carboxylic acids is 1. The van der Waals surface area contributed by atoms with Gasteiger partial charge in [-0.1, -0.05) is 30.3 Å². The van der Waals surface area contributed by atoms with Gasteiger partial charge in [-0.05, 0) is 10.7 Å². The van der Waals surface area contributed by atoms with Crippen LogP contribution >= 0.6 is 0 Å². The molecule has 0 saturated heterocycles. The molecule has 0 radical (unpaired) electrons.